The highest BCUT2D eigenvalue weighted by molar-refractivity contribution is 7.11. The first-order valence-corrected chi connectivity index (χ1v) is 10.5. The molecule has 1 fully saturated rings. The second-order valence-corrected chi connectivity index (χ2v) is 8.53. The lowest BCUT2D eigenvalue weighted by atomic mass is 10.1. The van der Waals surface area contributed by atoms with Crippen molar-refractivity contribution in [3.63, 3.8) is 0 Å². The van der Waals surface area contributed by atoms with Gasteiger partial charge < -0.3 is 10.1 Å². The summed E-state index contributed by atoms with van der Waals surface area (Å²) < 4.78 is 31.1. The number of nitrogens with one attached hydrogen (secondary N) is 1. The molecule has 30 heavy (non-hydrogen) atoms. The Labute approximate surface area is 177 Å². The van der Waals surface area contributed by atoms with Gasteiger partial charge in [-0.05, 0) is 44.7 Å². The second-order valence-electron chi connectivity index (χ2n) is 7.26. The van der Waals surface area contributed by atoms with Gasteiger partial charge in [0, 0.05) is 29.4 Å². The molecule has 3 heterocycles. The van der Waals surface area contributed by atoms with E-state index in [9.17, 15) is 8.78 Å². The number of hydrogen-bond donors (Lipinski definition) is 1. The van der Waals surface area contributed by atoms with E-state index in [0.717, 1.165) is 28.6 Å². The first-order chi connectivity index (χ1) is 14.5. The number of pyridine rings is 1. The van der Waals surface area contributed by atoms with Gasteiger partial charge in [-0.25, -0.2) is 13.8 Å². The highest BCUT2D eigenvalue weighted by Crippen LogP contribution is 2.48. The van der Waals surface area contributed by atoms with E-state index in [-0.39, 0.29) is 5.56 Å². The van der Waals surface area contributed by atoms with Crippen LogP contribution in [0.2, 0.25) is 0 Å². The zero-order valence-electron chi connectivity index (χ0n) is 16.7. The molecule has 0 aliphatic heterocycles. The molecule has 0 radical (unpaired) electrons. The molecule has 4 rings (SSSR count). The van der Waals surface area contributed by atoms with E-state index >= 15 is 0 Å². The van der Waals surface area contributed by atoms with Crippen molar-refractivity contribution in [2.75, 3.05) is 11.9 Å². The van der Waals surface area contributed by atoms with Crippen molar-refractivity contribution in [3.8, 4) is 5.88 Å². The number of anilines is 1. The van der Waals surface area contributed by atoms with Crippen LogP contribution in [0.15, 0.2) is 24.4 Å². The monoisotopic (exact) mass is 432 g/mol. The molecule has 3 aromatic heterocycles. The average molecular weight is 433 g/mol. The van der Waals surface area contributed by atoms with Crippen LogP contribution in [0.25, 0.3) is 0 Å². The number of aryl methyl sites for hydroxylation is 2. The molecule has 0 spiro atoms. The maximum atomic E-state index is 12.6. The van der Waals surface area contributed by atoms with Gasteiger partial charge in [0.1, 0.15) is 21.7 Å². The Morgan fingerprint density at radius 2 is 2.10 bits per heavy atom. The van der Waals surface area contributed by atoms with Gasteiger partial charge in [-0.3, -0.25) is 4.98 Å². The van der Waals surface area contributed by atoms with E-state index in [4.69, 9.17) is 4.74 Å². The predicted molar refractivity (Wildman–Crippen MR) is 109 cm³/mol. The molecule has 1 saturated carbocycles. The van der Waals surface area contributed by atoms with Gasteiger partial charge in [0.2, 0.25) is 5.88 Å². The van der Waals surface area contributed by atoms with Crippen molar-refractivity contribution in [3.05, 3.63) is 51.5 Å². The van der Waals surface area contributed by atoms with Crippen molar-refractivity contribution in [2.45, 2.75) is 45.6 Å². The number of nitrogens with zero attached hydrogens (tertiary/aromatic N) is 5. The SMILES string of the molecule is Cc1nc(NCc2nnc(C)s2)cc(OCC[C@H]2C[C@@H]2c2ccc(C(F)F)cn2)n1. The Morgan fingerprint density at radius 1 is 1.23 bits per heavy atom. The quantitative estimate of drug-likeness (QED) is 0.534. The van der Waals surface area contributed by atoms with Gasteiger partial charge in [-0.2, -0.15) is 4.98 Å². The molecule has 3 aromatic rings. The maximum Gasteiger partial charge on any atom is 0.265 e. The summed E-state index contributed by atoms with van der Waals surface area (Å²) in [6.45, 7) is 4.81. The summed E-state index contributed by atoms with van der Waals surface area (Å²) in [4.78, 5) is 12.9. The molecule has 1 N–H and O–H groups in total. The number of rotatable bonds is 9. The lowest BCUT2D eigenvalue weighted by Crippen LogP contribution is -2.06. The maximum absolute atomic E-state index is 12.6. The lowest BCUT2D eigenvalue weighted by Gasteiger charge is -2.09. The molecule has 7 nitrogen and oxygen atoms in total. The Morgan fingerprint density at radius 3 is 2.80 bits per heavy atom. The molecular formula is C20H22F2N6OS. The normalized spacial score (nSPS) is 17.9. The minimum atomic E-state index is -2.48. The largest absolute Gasteiger partial charge is 0.478 e. The highest BCUT2D eigenvalue weighted by atomic mass is 32.1. The van der Waals surface area contributed by atoms with Crippen molar-refractivity contribution in [2.24, 2.45) is 5.92 Å². The van der Waals surface area contributed by atoms with E-state index in [2.05, 4.69) is 30.5 Å². The molecule has 1 aliphatic carbocycles. The van der Waals surface area contributed by atoms with E-state index in [1.807, 2.05) is 13.8 Å². The van der Waals surface area contributed by atoms with Gasteiger partial charge in [0.25, 0.3) is 6.43 Å². The summed E-state index contributed by atoms with van der Waals surface area (Å²) in [6.07, 6.45) is 0.653. The van der Waals surface area contributed by atoms with Crippen molar-refractivity contribution in [1.82, 2.24) is 25.1 Å². The summed E-state index contributed by atoms with van der Waals surface area (Å²) in [5, 5.41) is 13.1. The first-order valence-electron chi connectivity index (χ1n) is 9.73. The minimum absolute atomic E-state index is 0.0379. The van der Waals surface area contributed by atoms with E-state index in [0.29, 0.717) is 42.5 Å². The Balaban J connectivity index is 1.25. The fraction of sp³-hybridized carbons (Fsp3) is 0.450. The van der Waals surface area contributed by atoms with Gasteiger partial charge in [0.15, 0.2) is 0 Å². The first kappa shape index (κ1) is 20.5. The van der Waals surface area contributed by atoms with Crippen LogP contribution in [-0.2, 0) is 6.54 Å². The third kappa shape index (κ3) is 5.24. The number of hydrogen-bond acceptors (Lipinski definition) is 8. The molecule has 0 amide bonds. The zero-order chi connectivity index (χ0) is 21.1. The van der Waals surface area contributed by atoms with Gasteiger partial charge >= 0.3 is 0 Å². The van der Waals surface area contributed by atoms with Crippen molar-refractivity contribution >= 4 is 17.2 Å². The molecular weight excluding hydrogens is 410 g/mol. The van der Waals surface area contributed by atoms with Gasteiger partial charge in [0.05, 0.1) is 13.2 Å². The lowest BCUT2D eigenvalue weighted by molar-refractivity contribution is 0.151. The third-order valence-corrected chi connectivity index (χ3v) is 5.74. The smallest absolute Gasteiger partial charge is 0.265 e. The average Bonchev–Trinajstić information content (AvgIpc) is 3.37. The molecule has 0 bridgehead atoms. The van der Waals surface area contributed by atoms with Crippen LogP contribution in [0.1, 0.15) is 52.3 Å². The van der Waals surface area contributed by atoms with Crippen molar-refractivity contribution < 1.29 is 13.5 Å². The standard InChI is InChI=1S/C20H22F2N6OS/c1-11-25-17(24-10-19-28-27-12(2)30-19)8-18(26-11)29-6-5-13-7-15(13)16-4-3-14(9-23-16)20(21)22/h3-4,8-9,13,15,20H,5-7,10H2,1-2H3,(H,24,25,26)/t13-,15-/m0/s1. The highest BCUT2D eigenvalue weighted by Gasteiger charge is 2.39. The molecule has 2 atom stereocenters. The van der Waals surface area contributed by atoms with E-state index < -0.39 is 6.43 Å². The van der Waals surface area contributed by atoms with Crippen molar-refractivity contribution in [1.29, 1.82) is 0 Å². The van der Waals surface area contributed by atoms with Gasteiger partial charge in [-0.15, -0.1) is 10.2 Å². The fourth-order valence-electron chi connectivity index (χ4n) is 3.29. The van der Waals surface area contributed by atoms with Crippen LogP contribution < -0.4 is 10.1 Å². The van der Waals surface area contributed by atoms with E-state index in [1.165, 1.54) is 23.6 Å². The van der Waals surface area contributed by atoms with Crippen LogP contribution in [-0.4, -0.2) is 31.8 Å². The number of alkyl halides is 2. The third-order valence-electron chi connectivity index (χ3n) is 4.91. The summed E-state index contributed by atoms with van der Waals surface area (Å²) in [6, 6.07) is 4.94. The van der Waals surface area contributed by atoms with Gasteiger partial charge in [-0.1, -0.05) is 11.3 Å². The Bertz CT molecular complexity index is 997. The van der Waals surface area contributed by atoms with Crippen LogP contribution in [0.3, 0.4) is 0 Å². The van der Waals surface area contributed by atoms with Crippen LogP contribution >= 0.6 is 11.3 Å². The van der Waals surface area contributed by atoms with Crippen LogP contribution in [0, 0.1) is 19.8 Å². The summed E-state index contributed by atoms with van der Waals surface area (Å²) in [5.41, 5.74) is 0.838. The number of aromatic nitrogens is 5. The molecule has 0 aromatic carbocycles. The zero-order valence-corrected chi connectivity index (χ0v) is 17.5. The number of halogens is 2. The fourth-order valence-corrected chi connectivity index (χ4v) is 3.94. The molecule has 1 aliphatic rings. The molecule has 0 saturated heterocycles. The predicted octanol–water partition coefficient (Wildman–Crippen LogP) is 4.46. The molecule has 10 heteroatoms. The minimum Gasteiger partial charge on any atom is -0.478 e. The molecule has 158 valence electrons. The Kier molecular flexibility index (Phi) is 6.12. The van der Waals surface area contributed by atoms with E-state index in [1.54, 1.807) is 12.1 Å². The summed E-state index contributed by atoms with van der Waals surface area (Å²) in [5.74, 6) is 2.60. The number of ether oxygens (including phenoxy) is 1. The Hall–Kier alpha value is -2.75. The topological polar surface area (TPSA) is 85.7 Å². The van der Waals surface area contributed by atoms with Crippen LogP contribution in [0.5, 0.6) is 5.88 Å². The summed E-state index contributed by atoms with van der Waals surface area (Å²) >= 11 is 1.54. The van der Waals surface area contributed by atoms with Crippen LogP contribution in [0.4, 0.5) is 14.6 Å². The summed E-state index contributed by atoms with van der Waals surface area (Å²) in [7, 11) is 0. The second kappa shape index (κ2) is 8.95. The molecule has 0 unspecified atom stereocenters.